The van der Waals surface area contributed by atoms with Gasteiger partial charge in [0.2, 0.25) is 0 Å². The summed E-state index contributed by atoms with van der Waals surface area (Å²) in [5.41, 5.74) is 2.30. The SMILES string of the molecule is N#CC(c1ccc(Cl)cc1)c1ccc(NC(=O)c2cc(I)cc(I)c2[O-])cc1.[Na+]. The normalized spacial score (nSPS) is 11.1. The fraction of sp³-hybridized carbons (Fsp3) is 0.0476. The van der Waals surface area contributed by atoms with Crippen LogP contribution in [-0.2, 0) is 0 Å². The van der Waals surface area contributed by atoms with Crippen LogP contribution in [0.2, 0.25) is 5.02 Å². The number of hydrogen-bond acceptors (Lipinski definition) is 3. The maximum atomic E-state index is 12.5. The second kappa shape index (κ2) is 11.0. The van der Waals surface area contributed by atoms with Gasteiger partial charge in [-0.15, -0.1) is 0 Å². The van der Waals surface area contributed by atoms with Gasteiger partial charge in [0.15, 0.2) is 0 Å². The summed E-state index contributed by atoms with van der Waals surface area (Å²) in [6.45, 7) is 0. The number of benzene rings is 3. The van der Waals surface area contributed by atoms with Gasteiger partial charge >= 0.3 is 29.6 Å². The first-order chi connectivity index (χ1) is 13.4. The first-order valence-electron chi connectivity index (χ1n) is 8.11. The predicted molar refractivity (Wildman–Crippen MR) is 125 cm³/mol. The van der Waals surface area contributed by atoms with E-state index >= 15 is 0 Å². The van der Waals surface area contributed by atoms with E-state index in [2.05, 4.69) is 34.0 Å². The van der Waals surface area contributed by atoms with Crippen LogP contribution in [0.1, 0.15) is 27.4 Å². The van der Waals surface area contributed by atoms with Crippen LogP contribution in [0.5, 0.6) is 5.75 Å². The van der Waals surface area contributed by atoms with E-state index < -0.39 is 11.8 Å². The van der Waals surface area contributed by atoms with Crippen molar-refractivity contribution in [2.24, 2.45) is 0 Å². The summed E-state index contributed by atoms with van der Waals surface area (Å²) >= 11 is 9.91. The summed E-state index contributed by atoms with van der Waals surface area (Å²) in [4.78, 5) is 12.5. The van der Waals surface area contributed by atoms with Crippen molar-refractivity contribution in [1.29, 1.82) is 5.26 Å². The van der Waals surface area contributed by atoms with E-state index in [-0.39, 0.29) is 40.9 Å². The van der Waals surface area contributed by atoms with Gasteiger partial charge in [-0.1, -0.05) is 41.6 Å². The predicted octanol–water partition coefficient (Wildman–Crippen LogP) is 2.53. The Morgan fingerprint density at radius 2 is 1.59 bits per heavy atom. The standard InChI is InChI=1S/C21H13ClI2N2O2.Na/c22-14-5-1-12(2-6-14)18(11-25)13-3-7-16(8-4-13)26-21(28)17-9-15(23)10-19(24)20(17)27;/h1-10,18,27H,(H,26,28);/q;+1/p-1. The minimum Gasteiger partial charge on any atom is -0.871 e. The van der Waals surface area contributed by atoms with Crippen molar-refractivity contribution in [2.75, 3.05) is 5.32 Å². The Bertz CT molecular complexity index is 1070. The molecule has 0 bridgehead atoms. The molecule has 4 nitrogen and oxygen atoms in total. The van der Waals surface area contributed by atoms with Crippen molar-refractivity contribution in [3.8, 4) is 11.8 Å². The maximum Gasteiger partial charge on any atom is 1.00 e. The van der Waals surface area contributed by atoms with Crippen LogP contribution in [0.15, 0.2) is 60.7 Å². The number of rotatable bonds is 4. The van der Waals surface area contributed by atoms with Crippen molar-refractivity contribution in [2.45, 2.75) is 5.92 Å². The molecule has 0 aromatic heterocycles. The molecular weight excluding hydrogens is 624 g/mol. The van der Waals surface area contributed by atoms with E-state index in [1.165, 1.54) is 0 Å². The fourth-order valence-corrected chi connectivity index (χ4v) is 4.65. The molecule has 0 saturated heterocycles. The molecule has 3 aromatic carbocycles. The Kier molecular flexibility index (Phi) is 9.25. The van der Waals surface area contributed by atoms with E-state index in [0.717, 1.165) is 14.7 Å². The molecule has 1 unspecified atom stereocenters. The molecule has 3 rings (SSSR count). The molecule has 0 radical (unpaired) electrons. The van der Waals surface area contributed by atoms with Gasteiger partial charge in [0.05, 0.1) is 12.0 Å². The molecule has 0 spiro atoms. The van der Waals surface area contributed by atoms with Gasteiger partial charge < -0.3 is 10.4 Å². The molecule has 1 atom stereocenters. The van der Waals surface area contributed by atoms with Gasteiger partial charge in [-0.3, -0.25) is 4.79 Å². The Balaban J connectivity index is 0.00000300. The first kappa shape index (κ1) is 24.4. The average molecular weight is 637 g/mol. The summed E-state index contributed by atoms with van der Waals surface area (Å²) in [5.74, 6) is -1.18. The van der Waals surface area contributed by atoms with Gasteiger partial charge in [0, 0.05) is 23.4 Å². The Morgan fingerprint density at radius 3 is 2.14 bits per heavy atom. The molecule has 29 heavy (non-hydrogen) atoms. The van der Waals surface area contributed by atoms with Crippen molar-refractivity contribution < 1.29 is 39.5 Å². The number of halogens is 3. The van der Waals surface area contributed by atoms with Crippen LogP contribution in [0.3, 0.4) is 0 Å². The molecule has 8 heteroatoms. The number of hydrogen-bond donors (Lipinski definition) is 1. The number of carbonyl (C=O) groups excluding carboxylic acids is 1. The third-order valence-electron chi connectivity index (χ3n) is 4.09. The van der Waals surface area contributed by atoms with Crippen molar-refractivity contribution in [1.82, 2.24) is 0 Å². The van der Waals surface area contributed by atoms with Crippen LogP contribution in [-0.4, -0.2) is 5.91 Å². The van der Waals surface area contributed by atoms with Crippen molar-refractivity contribution >= 4 is 68.4 Å². The number of nitriles is 1. The van der Waals surface area contributed by atoms with Gasteiger partial charge in [0.1, 0.15) is 0 Å². The second-order valence-electron chi connectivity index (χ2n) is 5.95. The quantitative estimate of drug-likeness (QED) is 0.354. The molecule has 3 aromatic rings. The van der Waals surface area contributed by atoms with Crippen molar-refractivity contribution in [3.63, 3.8) is 0 Å². The molecule has 1 amide bonds. The zero-order valence-electron chi connectivity index (χ0n) is 15.2. The number of nitrogens with zero attached hydrogens (tertiary/aromatic N) is 1. The summed E-state index contributed by atoms with van der Waals surface area (Å²) in [5, 5.41) is 25.1. The van der Waals surface area contributed by atoms with Crippen LogP contribution in [0.4, 0.5) is 5.69 Å². The van der Waals surface area contributed by atoms with Gasteiger partial charge in [-0.2, -0.15) is 5.26 Å². The Labute approximate surface area is 223 Å². The molecule has 1 N–H and O–H groups in total. The zero-order chi connectivity index (χ0) is 20.3. The van der Waals surface area contributed by atoms with Crippen LogP contribution >= 0.6 is 56.8 Å². The van der Waals surface area contributed by atoms with E-state index in [1.807, 2.05) is 34.7 Å². The monoisotopic (exact) mass is 636 g/mol. The van der Waals surface area contributed by atoms with Crippen molar-refractivity contribution in [3.05, 3.63) is 89.5 Å². The molecule has 0 heterocycles. The van der Waals surface area contributed by atoms with Gasteiger partial charge in [-0.05, 0) is 92.7 Å². The van der Waals surface area contributed by atoms with E-state index in [9.17, 15) is 15.2 Å². The van der Waals surface area contributed by atoms with Crippen LogP contribution in [0, 0.1) is 18.5 Å². The number of carbonyl (C=O) groups is 1. The second-order valence-corrected chi connectivity index (χ2v) is 8.80. The molecule has 0 fully saturated rings. The minimum atomic E-state index is -0.455. The summed E-state index contributed by atoms with van der Waals surface area (Å²) in [6.07, 6.45) is 0. The first-order valence-corrected chi connectivity index (χ1v) is 10.6. The van der Waals surface area contributed by atoms with E-state index in [0.29, 0.717) is 14.3 Å². The van der Waals surface area contributed by atoms with E-state index in [1.54, 1.807) is 48.5 Å². The van der Waals surface area contributed by atoms with Crippen LogP contribution < -0.4 is 40.0 Å². The number of amides is 1. The molecule has 140 valence electrons. The summed E-state index contributed by atoms with van der Waals surface area (Å²) < 4.78 is 1.33. The molecular formula is C21H12ClI2N2NaO2. The molecule has 0 saturated carbocycles. The smallest absolute Gasteiger partial charge is 0.871 e. The summed E-state index contributed by atoms with van der Waals surface area (Å²) in [7, 11) is 0. The Morgan fingerprint density at radius 1 is 1.03 bits per heavy atom. The van der Waals surface area contributed by atoms with Gasteiger partial charge in [-0.25, -0.2) is 0 Å². The third kappa shape index (κ3) is 6.09. The minimum absolute atomic E-state index is 0. The van der Waals surface area contributed by atoms with E-state index in [4.69, 9.17) is 11.6 Å². The average Bonchev–Trinajstić information content (AvgIpc) is 2.68. The fourth-order valence-electron chi connectivity index (χ4n) is 2.68. The molecule has 0 aliphatic carbocycles. The van der Waals surface area contributed by atoms with Crippen LogP contribution in [0.25, 0.3) is 0 Å². The molecule has 0 aliphatic rings. The maximum absolute atomic E-state index is 12.5. The zero-order valence-corrected chi connectivity index (χ0v) is 22.3. The van der Waals surface area contributed by atoms with Gasteiger partial charge in [0.25, 0.3) is 5.91 Å². The topological polar surface area (TPSA) is 76.0 Å². The third-order valence-corrected chi connectivity index (χ3v) is 5.76. The molecule has 0 aliphatic heterocycles. The Hall–Kier alpha value is -0.830. The number of nitrogens with one attached hydrogen (secondary N) is 1. The number of anilines is 1. The summed E-state index contributed by atoms with van der Waals surface area (Å²) in [6, 6.07) is 19.7. The largest absolute Gasteiger partial charge is 1.00 e.